The number of ether oxygens (including phenoxy) is 1. The molecule has 0 spiro atoms. The van der Waals surface area contributed by atoms with Gasteiger partial charge < -0.3 is 15.6 Å². The quantitative estimate of drug-likeness (QED) is 0.891. The van der Waals surface area contributed by atoms with Crippen LogP contribution in [0, 0.1) is 0 Å². The summed E-state index contributed by atoms with van der Waals surface area (Å²) in [7, 11) is 0. The van der Waals surface area contributed by atoms with Crippen molar-refractivity contribution in [2.75, 3.05) is 6.61 Å². The van der Waals surface area contributed by atoms with Gasteiger partial charge in [-0.05, 0) is 42.0 Å². The molecule has 18 heavy (non-hydrogen) atoms. The van der Waals surface area contributed by atoms with Crippen molar-refractivity contribution in [1.82, 2.24) is 0 Å². The predicted octanol–water partition coefficient (Wildman–Crippen LogP) is 3.12. The lowest BCUT2D eigenvalue weighted by molar-refractivity contribution is 0.268. The van der Waals surface area contributed by atoms with Gasteiger partial charge in [-0.15, -0.1) is 0 Å². The van der Waals surface area contributed by atoms with Crippen LogP contribution in [-0.4, -0.2) is 11.7 Å². The highest BCUT2D eigenvalue weighted by Crippen LogP contribution is 2.25. The summed E-state index contributed by atoms with van der Waals surface area (Å²) in [6, 6.07) is 14.1. The van der Waals surface area contributed by atoms with Gasteiger partial charge in [0.05, 0.1) is 12.6 Å². The van der Waals surface area contributed by atoms with Crippen molar-refractivity contribution in [1.29, 1.82) is 0 Å². The Hall–Kier alpha value is -1.55. The molecule has 3 N–H and O–H groups in total. The largest absolute Gasteiger partial charge is 0.457 e. The summed E-state index contributed by atoms with van der Waals surface area (Å²) in [5.74, 6) is 1.38. The third-order valence-electron chi connectivity index (χ3n) is 2.53. The first-order chi connectivity index (χ1) is 8.69. The van der Waals surface area contributed by atoms with Crippen LogP contribution in [0.4, 0.5) is 0 Å². The summed E-state index contributed by atoms with van der Waals surface area (Å²) in [5.41, 5.74) is 6.59. The zero-order valence-corrected chi connectivity index (χ0v) is 10.5. The number of aliphatic hydroxyl groups is 1. The lowest BCUT2D eigenvalue weighted by atomic mass is 10.1. The van der Waals surface area contributed by atoms with E-state index in [0.29, 0.717) is 16.5 Å². The van der Waals surface area contributed by atoms with E-state index in [1.807, 2.05) is 24.3 Å². The highest BCUT2D eigenvalue weighted by atomic mass is 35.5. The fraction of sp³-hybridized carbons (Fsp3) is 0.143. The number of benzene rings is 2. The molecule has 0 heterocycles. The standard InChI is InChI=1S/C14H14ClNO2/c15-11-4-6-12(7-5-11)18-13-3-1-2-10(8-13)14(16)9-17/h1-8,14,17H,9,16H2/t14-/m0/s1. The molecule has 0 aromatic heterocycles. The zero-order valence-electron chi connectivity index (χ0n) is 9.71. The number of hydrogen-bond acceptors (Lipinski definition) is 3. The molecule has 2 aromatic carbocycles. The molecule has 0 unspecified atom stereocenters. The minimum Gasteiger partial charge on any atom is -0.457 e. The fourth-order valence-corrected chi connectivity index (χ4v) is 1.68. The first-order valence-electron chi connectivity index (χ1n) is 5.59. The number of rotatable bonds is 4. The molecular formula is C14H14ClNO2. The average Bonchev–Trinajstić information content (AvgIpc) is 2.41. The van der Waals surface area contributed by atoms with Crippen LogP contribution in [0.3, 0.4) is 0 Å². The number of aliphatic hydroxyl groups excluding tert-OH is 1. The minimum atomic E-state index is -0.390. The summed E-state index contributed by atoms with van der Waals surface area (Å²) in [6.07, 6.45) is 0. The van der Waals surface area contributed by atoms with Gasteiger partial charge in [0, 0.05) is 5.02 Å². The van der Waals surface area contributed by atoms with E-state index in [1.54, 1.807) is 24.3 Å². The van der Waals surface area contributed by atoms with Crippen LogP contribution in [0.1, 0.15) is 11.6 Å². The maximum atomic E-state index is 9.02. The van der Waals surface area contributed by atoms with Crippen molar-refractivity contribution in [3.63, 3.8) is 0 Å². The molecule has 2 rings (SSSR count). The summed E-state index contributed by atoms with van der Waals surface area (Å²) >= 11 is 5.80. The first kappa shape index (κ1) is 12.9. The second kappa shape index (κ2) is 5.87. The van der Waals surface area contributed by atoms with Crippen molar-refractivity contribution in [3.8, 4) is 11.5 Å². The molecule has 94 valence electrons. The van der Waals surface area contributed by atoms with Crippen molar-refractivity contribution in [2.45, 2.75) is 6.04 Å². The van der Waals surface area contributed by atoms with Gasteiger partial charge in [0.2, 0.25) is 0 Å². The Balaban J connectivity index is 2.16. The molecule has 0 aliphatic heterocycles. The second-order valence-electron chi connectivity index (χ2n) is 3.92. The van der Waals surface area contributed by atoms with E-state index in [2.05, 4.69) is 0 Å². The molecule has 2 aromatic rings. The maximum absolute atomic E-state index is 9.02. The van der Waals surface area contributed by atoms with E-state index in [0.717, 1.165) is 5.56 Å². The Kier molecular flexibility index (Phi) is 4.20. The fourth-order valence-electron chi connectivity index (χ4n) is 1.55. The highest BCUT2D eigenvalue weighted by Gasteiger charge is 2.05. The van der Waals surface area contributed by atoms with E-state index in [9.17, 15) is 0 Å². The van der Waals surface area contributed by atoms with Crippen molar-refractivity contribution < 1.29 is 9.84 Å². The molecule has 0 aliphatic rings. The van der Waals surface area contributed by atoms with Gasteiger partial charge >= 0.3 is 0 Å². The number of halogens is 1. The van der Waals surface area contributed by atoms with Crippen LogP contribution in [0.2, 0.25) is 5.02 Å². The monoisotopic (exact) mass is 263 g/mol. The van der Waals surface area contributed by atoms with Crippen LogP contribution in [0.5, 0.6) is 11.5 Å². The molecule has 1 atom stereocenters. The summed E-state index contributed by atoms with van der Waals surface area (Å²) in [6.45, 7) is -0.0929. The van der Waals surface area contributed by atoms with Gasteiger partial charge in [-0.25, -0.2) is 0 Å². The third kappa shape index (κ3) is 3.23. The molecule has 0 radical (unpaired) electrons. The van der Waals surface area contributed by atoms with E-state index in [4.69, 9.17) is 27.2 Å². The summed E-state index contributed by atoms with van der Waals surface area (Å²) < 4.78 is 5.67. The average molecular weight is 264 g/mol. The van der Waals surface area contributed by atoms with Crippen LogP contribution in [0.25, 0.3) is 0 Å². The Morgan fingerprint density at radius 1 is 1.11 bits per heavy atom. The van der Waals surface area contributed by atoms with Gasteiger partial charge in [-0.2, -0.15) is 0 Å². The lowest BCUT2D eigenvalue weighted by Crippen LogP contribution is -2.14. The normalized spacial score (nSPS) is 12.2. The molecule has 0 aliphatic carbocycles. The Morgan fingerprint density at radius 3 is 2.50 bits per heavy atom. The van der Waals surface area contributed by atoms with Crippen LogP contribution in [0.15, 0.2) is 48.5 Å². The lowest BCUT2D eigenvalue weighted by Gasteiger charge is -2.11. The van der Waals surface area contributed by atoms with Crippen molar-refractivity contribution in [2.24, 2.45) is 5.73 Å². The van der Waals surface area contributed by atoms with Crippen molar-refractivity contribution >= 4 is 11.6 Å². The molecule has 0 fully saturated rings. The smallest absolute Gasteiger partial charge is 0.127 e. The van der Waals surface area contributed by atoms with Crippen LogP contribution < -0.4 is 10.5 Å². The summed E-state index contributed by atoms with van der Waals surface area (Å²) in [5, 5.41) is 9.68. The summed E-state index contributed by atoms with van der Waals surface area (Å²) in [4.78, 5) is 0. The van der Waals surface area contributed by atoms with Gasteiger partial charge in [0.1, 0.15) is 11.5 Å². The molecule has 0 saturated carbocycles. The maximum Gasteiger partial charge on any atom is 0.127 e. The van der Waals surface area contributed by atoms with Gasteiger partial charge in [0.25, 0.3) is 0 Å². The highest BCUT2D eigenvalue weighted by molar-refractivity contribution is 6.30. The Bertz CT molecular complexity index is 513. The minimum absolute atomic E-state index is 0.0929. The molecule has 3 nitrogen and oxygen atoms in total. The van der Waals surface area contributed by atoms with Gasteiger partial charge in [0.15, 0.2) is 0 Å². The van der Waals surface area contributed by atoms with Crippen molar-refractivity contribution in [3.05, 3.63) is 59.1 Å². The molecule has 0 bridgehead atoms. The van der Waals surface area contributed by atoms with Crippen LogP contribution in [-0.2, 0) is 0 Å². The van der Waals surface area contributed by atoms with E-state index in [-0.39, 0.29) is 6.61 Å². The molecule has 4 heteroatoms. The number of hydrogen-bond donors (Lipinski definition) is 2. The van der Waals surface area contributed by atoms with Gasteiger partial charge in [-0.3, -0.25) is 0 Å². The Morgan fingerprint density at radius 2 is 1.83 bits per heavy atom. The SMILES string of the molecule is N[C@@H](CO)c1cccc(Oc2ccc(Cl)cc2)c1. The molecular weight excluding hydrogens is 250 g/mol. The number of nitrogens with two attached hydrogens (primary N) is 1. The van der Waals surface area contributed by atoms with E-state index >= 15 is 0 Å². The first-order valence-corrected chi connectivity index (χ1v) is 5.96. The van der Waals surface area contributed by atoms with Crippen LogP contribution >= 0.6 is 11.6 Å². The molecule has 0 saturated heterocycles. The predicted molar refractivity (Wildman–Crippen MR) is 72.0 cm³/mol. The second-order valence-corrected chi connectivity index (χ2v) is 4.35. The topological polar surface area (TPSA) is 55.5 Å². The van der Waals surface area contributed by atoms with E-state index in [1.165, 1.54) is 0 Å². The van der Waals surface area contributed by atoms with E-state index < -0.39 is 6.04 Å². The zero-order chi connectivity index (χ0) is 13.0. The molecule has 0 amide bonds. The Labute approximate surface area is 111 Å². The van der Waals surface area contributed by atoms with Gasteiger partial charge in [-0.1, -0.05) is 23.7 Å². The third-order valence-corrected chi connectivity index (χ3v) is 2.78.